The largest absolute Gasteiger partial charge is 0.444 e. The maximum absolute atomic E-state index is 14.7. The van der Waals surface area contributed by atoms with E-state index in [4.69, 9.17) is 9.47 Å². The van der Waals surface area contributed by atoms with E-state index in [2.05, 4.69) is 0 Å². The number of likely N-dealkylation sites (tertiary alicyclic amines) is 1. The highest BCUT2D eigenvalue weighted by atomic mass is 19.1. The Bertz CT molecular complexity index is 408. The summed E-state index contributed by atoms with van der Waals surface area (Å²) in [7, 11) is 0. The number of hydrogen-bond acceptors (Lipinski definition) is 3. The zero-order chi connectivity index (χ0) is 15.3. The lowest BCUT2D eigenvalue weighted by atomic mass is 9.84. The van der Waals surface area contributed by atoms with Crippen LogP contribution in [0.5, 0.6) is 0 Å². The summed E-state index contributed by atoms with van der Waals surface area (Å²) in [5, 5.41) is 0. The van der Waals surface area contributed by atoms with Gasteiger partial charge in [0.2, 0.25) is 0 Å². The summed E-state index contributed by atoms with van der Waals surface area (Å²) in [5.41, 5.74) is -1.20. The van der Waals surface area contributed by atoms with E-state index < -0.39 is 23.5 Å². The maximum Gasteiger partial charge on any atom is 0.410 e. The van der Waals surface area contributed by atoms with Crippen LogP contribution in [0.4, 0.5) is 9.18 Å². The minimum absolute atomic E-state index is 0.0875. The van der Waals surface area contributed by atoms with Crippen molar-refractivity contribution in [2.75, 3.05) is 19.7 Å². The molecule has 1 aliphatic carbocycles. The van der Waals surface area contributed by atoms with Crippen molar-refractivity contribution in [3.63, 3.8) is 0 Å². The summed E-state index contributed by atoms with van der Waals surface area (Å²) in [4.78, 5) is 13.5. The van der Waals surface area contributed by atoms with Gasteiger partial charge in [-0.2, -0.15) is 0 Å². The highest BCUT2D eigenvalue weighted by Gasteiger charge is 2.51. The molecule has 3 fully saturated rings. The number of halogens is 1. The van der Waals surface area contributed by atoms with Gasteiger partial charge in [-0.1, -0.05) is 0 Å². The molecule has 0 aromatic rings. The summed E-state index contributed by atoms with van der Waals surface area (Å²) < 4.78 is 26.0. The Morgan fingerprint density at radius 1 is 1.33 bits per heavy atom. The summed E-state index contributed by atoms with van der Waals surface area (Å²) in [5.74, 6) is 1.40. The zero-order valence-electron chi connectivity index (χ0n) is 13.2. The van der Waals surface area contributed by atoms with Crippen LogP contribution in [-0.4, -0.2) is 48.1 Å². The SMILES string of the molecule is CC(C)(C)OC(=O)N1CC[C@]2(CC[C@@H]3C[C@@H]3CO2)[C@H](F)C1. The third-order valence-corrected chi connectivity index (χ3v) is 5.00. The van der Waals surface area contributed by atoms with E-state index in [0.717, 1.165) is 18.8 Å². The Morgan fingerprint density at radius 3 is 2.76 bits per heavy atom. The van der Waals surface area contributed by atoms with Crippen molar-refractivity contribution in [1.29, 1.82) is 0 Å². The molecule has 0 aromatic heterocycles. The zero-order valence-corrected chi connectivity index (χ0v) is 13.2. The van der Waals surface area contributed by atoms with Gasteiger partial charge in [0.25, 0.3) is 0 Å². The highest BCUT2D eigenvalue weighted by molar-refractivity contribution is 5.68. The molecule has 120 valence electrons. The van der Waals surface area contributed by atoms with Crippen LogP contribution in [-0.2, 0) is 9.47 Å². The molecule has 2 heterocycles. The Kier molecular flexibility index (Phi) is 3.67. The number of nitrogens with zero attached hydrogens (tertiary/aromatic N) is 1. The molecular weight excluding hydrogens is 273 g/mol. The van der Waals surface area contributed by atoms with Crippen LogP contribution in [0.25, 0.3) is 0 Å². The first-order chi connectivity index (χ1) is 9.79. The minimum atomic E-state index is -1.11. The van der Waals surface area contributed by atoms with Crippen LogP contribution >= 0.6 is 0 Å². The van der Waals surface area contributed by atoms with Gasteiger partial charge in [-0.25, -0.2) is 9.18 Å². The molecule has 1 saturated carbocycles. The van der Waals surface area contributed by atoms with Crippen molar-refractivity contribution >= 4 is 6.09 Å². The van der Waals surface area contributed by atoms with E-state index in [1.807, 2.05) is 20.8 Å². The molecule has 0 unspecified atom stereocenters. The molecule has 1 amide bonds. The first-order valence-corrected chi connectivity index (χ1v) is 8.05. The monoisotopic (exact) mass is 299 g/mol. The third kappa shape index (κ3) is 3.17. The maximum atomic E-state index is 14.7. The van der Waals surface area contributed by atoms with E-state index in [1.165, 1.54) is 11.3 Å². The van der Waals surface area contributed by atoms with Gasteiger partial charge < -0.3 is 14.4 Å². The number of fused-ring (bicyclic) bond motifs is 1. The van der Waals surface area contributed by atoms with E-state index in [-0.39, 0.29) is 6.54 Å². The molecule has 0 N–H and O–H groups in total. The minimum Gasteiger partial charge on any atom is -0.444 e. The van der Waals surface area contributed by atoms with Crippen LogP contribution in [0.15, 0.2) is 0 Å². The molecule has 4 nitrogen and oxygen atoms in total. The van der Waals surface area contributed by atoms with Crippen molar-refractivity contribution in [3.05, 3.63) is 0 Å². The van der Waals surface area contributed by atoms with Gasteiger partial charge in [-0.05, 0) is 58.3 Å². The normalized spacial score (nSPS) is 39.6. The average molecular weight is 299 g/mol. The second-order valence-electron chi connectivity index (χ2n) is 7.81. The van der Waals surface area contributed by atoms with Gasteiger partial charge >= 0.3 is 6.09 Å². The van der Waals surface area contributed by atoms with E-state index in [1.54, 1.807) is 0 Å². The van der Waals surface area contributed by atoms with Crippen molar-refractivity contribution in [1.82, 2.24) is 4.90 Å². The lowest BCUT2D eigenvalue weighted by Crippen LogP contribution is -2.56. The van der Waals surface area contributed by atoms with Gasteiger partial charge in [-0.3, -0.25) is 0 Å². The predicted molar refractivity (Wildman–Crippen MR) is 76.8 cm³/mol. The predicted octanol–water partition coefficient (Wildman–Crippen LogP) is 3.15. The summed E-state index contributed by atoms with van der Waals surface area (Å²) >= 11 is 0. The Balaban J connectivity index is 1.60. The molecule has 0 bridgehead atoms. The van der Waals surface area contributed by atoms with Gasteiger partial charge in [0.05, 0.1) is 13.2 Å². The second-order valence-corrected chi connectivity index (χ2v) is 7.81. The van der Waals surface area contributed by atoms with Gasteiger partial charge in [0, 0.05) is 6.54 Å². The smallest absolute Gasteiger partial charge is 0.410 e. The van der Waals surface area contributed by atoms with Crippen LogP contribution < -0.4 is 0 Å². The molecule has 3 aliphatic rings. The second kappa shape index (κ2) is 5.11. The fourth-order valence-electron chi connectivity index (χ4n) is 3.51. The summed E-state index contributed by atoms with van der Waals surface area (Å²) in [6, 6.07) is 0. The third-order valence-electron chi connectivity index (χ3n) is 5.00. The highest BCUT2D eigenvalue weighted by Crippen LogP contribution is 2.49. The molecule has 21 heavy (non-hydrogen) atoms. The fraction of sp³-hybridized carbons (Fsp3) is 0.938. The number of carbonyl (C=O) groups is 1. The van der Waals surface area contributed by atoms with Crippen molar-refractivity contribution in [3.8, 4) is 0 Å². The summed E-state index contributed by atoms with van der Waals surface area (Å²) in [6.45, 7) is 6.77. The van der Waals surface area contributed by atoms with E-state index >= 15 is 0 Å². The van der Waals surface area contributed by atoms with Gasteiger partial charge in [0.1, 0.15) is 17.4 Å². The lowest BCUT2D eigenvalue weighted by Gasteiger charge is -2.43. The molecular formula is C16H26FNO3. The summed E-state index contributed by atoms with van der Waals surface area (Å²) in [6.07, 6.45) is 2.14. The van der Waals surface area contributed by atoms with E-state index in [0.29, 0.717) is 25.5 Å². The molecule has 0 aromatic carbocycles. The first-order valence-electron chi connectivity index (χ1n) is 8.05. The van der Waals surface area contributed by atoms with Crippen LogP contribution in [0.3, 0.4) is 0 Å². The lowest BCUT2D eigenvalue weighted by molar-refractivity contribution is -0.132. The number of rotatable bonds is 0. The van der Waals surface area contributed by atoms with Crippen LogP contribution in [0, 0.1) is 11.8 Å². The number of carbonyl (C=O) groups excluding carboxylic acids is 1. The fourth-order valence-corrected chi connectivity index (χ4v) is 3.51. The number of alkyl halides is 1. The first kappa shape index (κ1) is 15.1. The molecule has 2 saturated heterocycles. The number of hydrogen-bond donors (Lipinski definition) is 0. The van der Waals surface area contributed by atoms with Gasteiger partial charge in [-0.15, -0.1) is 0 Å². The van der Waals surface area contributed by atoms with Crippen molar-refractivity contribution in [2.24, 2.45) is 11.8 Å². The molecule has 0 radical (unpaired) electrons. The Morgan fingerprint density at radius 2 is 2.10 bits per heavy atom. The number of amides is 1. The Hall–Kier alpha value is -0.840. The Labute approximate surface area is 126 Å². The van der Waals surface area contributed by atoms with Gasteiger partial charge in [0.15, 0.2) is 0 Å². The number of piperidine rings is 1. The number of ether oxygens (including phenoxy) is 2. The van der Waals surface area contributed by atoms with Crippen molar-refractivity contribution < 1.29 is 18.7 Å². The average Bonchev–Trinajstić information content (AvgIpc) is 3.12. The standard InChI is InChI=1S/C16H26FNO3/c1-15(2,3)21-14(19)18-7-6-16(13(17)9-18)5-4-11-8-12(11)10-20-16/h11-13H,4-10H2,1-3H3/t11-,12-,13-,16-/m1/s1. The topological polar surface area (TPSA) is 38.8 Å². The molecule has 1 spiro atoms. The molecule has 5 heteroatoms. The quantitative estimate of drug-likeness (QED) is 0.690. The molecule has 2 aliphatic heterocycles. The van der Waals surface area contributed by atoms with E-state index in [9.17, 15) is 9.18 Å². The molecule has 4 atom stereocenters. The van der Waals surface area contributed by atoms with Crippen LogP contribution in [0.2, 0.25) is 0 Å². The van der Waals surface area contributed by atoms with Crippen LogP contribution in [0.1, 0.15) is 46.5 Å². The van der Waals surface area contributed by atoms with Crippen molar-refractivity contribution in [2.45, 2.75) is 63.8 Å². The molecule has 3 rings (SSSR count).